The topological polar surface area (TPSA) is 78.9 Å². The van der Waals surface area contributed by atoms with E-state index in [4.69, 9.17) is 4.74 Å². The first-order valence-corrected chi connectivity index (χ1v) is 12.0. The van der Waals surface area contributed by atoms with E-state index in [0.29, 0.717) is 18.9 Å². The predicted octanol–water partition coefficient (Wildman–Crippen LogP) is 3.91. The lowest BCUT2D eigenvalue weighted by Crippen LogP contribution is -2.54. The van der Waals surface area contributed by atoms with E-state index in [1.54, 1.807) is 0 Å². The molecule has 32 heavy (non-hydrogen) atoms. The lowest BCUT2D eigenvalue weighted by Gasteiger charge is -2.38. The molecule has 6 heteroatoms. The summed E-state index contributed by atoms with van der Waals surface area (Å²) in [4.78, 5) is 27.5. The number of carbonyl (C=O) groups is 2. The molecule has 1 aliphatic rings. The van der Waals surface area contributed by atoms with E-state index < -0.39 is 11.6 Å². The Labute approximate surface area is 193 Å². The van der Waals surface area contributed by atoms with Crippen molar-refractivity contribution in [3.05, 3.63) is 35.9 Å². The van der Waals surface area contributed by atoms with Crippen molar-refractivity contribution in [1.29, 1.82) is 0 Å². The first kappa shape index (κ1) is 26.3. The number of carbonyl (C=O) groups excluding carboxylic acids is 2. The minimum Gasteiger partial charge on any atom is -0.459 e. The van der Waals surface area contributed by atoms with E-state index in [2.05, 4.69) is 24.1 Å². The Morgan fingerprint density at radius 2 is 1.81 bits per heavy atom. The molecule has 0 aromatic heterocycles. The van der Waals surface area contributed by atoms with E-state index in [1.807, 2.05) is 51.1 Å². The van der Waals surface area contributed by atoms with Gasteiger partial charge in [0.25, 0.3) is 0 Å². The highest BCUT2D eigenvalue weighted by atomic mass is 16.6. The van der Waals surface area contributed by atoms with Crippen LogP contribution in [0, 0.1) is 11.8 Å². The standard InChI is InChI=1S/C26H42N2O4/c1-7-19(8-2)14-22(27-18(3)30)24-21(17-29)15-23(25(31)32-26(4,5)6)28(24)16-20-12-10-9-11-13-20/h9-13,19,21-24,29H,7-8,14-17H2,1-6H3,(H,27,30)/t21-,22-,23?,24+/m0/s1. The van der Waals surface area contributed by atoms with Crippen LogP contribution in [-0.4, -0.2) is 52.2 Å². The predicted molar refractivity (Wildman–Crippen MR) is 127 cm³/mol. The van der Waals surface area contributed by atoms with Crippen LogP contribution in [0.2, 0.25) is 0 Å². The maximum Gasteiger partial charge on any atom is 0.323 e. The van der Waals surface area contributed by atoms with Gasteiger partial charge in [-0.25, -0.2) is 0 Å². The Morgan fingerprint density at radius 3 is 2.31 bits per heavy atom. The third kappa shape index (κ3) is 7.31. The summed E-state index contributed by atoms with van der Waals surface area (Å²) < 4.78 is 5.77. The molecule has 1 amide bonds. The van der Waals surface area contributed by atoms with Crippen molar-refractivity contribution in [3.63, 3.8) is 0 Å². The average Bonchev–Trinajstić information content (AvgIpc) is 3.08. The van der Waals surface area contributed by atoms with Crippen LogP contribution in [0.5, 0.6) is 0 Å². The number of nitrogens with one attached hydrogen (secondary N) is 1. The van der Waals surface area contributed by atoms with Crippen molar-refractivity contribution in [3.8, 4) is 0 Å². The largest absolute Gasteiger partial charge is 0.459 e. The van der Waals surface area contributed by atoms with E-state index in [9.17, 15) is 14.7 Å². The number of esters is 1. The molecule has 2 N–H and O–H groups in total. The average molecular weight is 447 g/mol. The number of aliphatic hydroxyl groups is 1. The Kier molecular flexibility index (Phi) is 9.71. The molecule has 1 aliphatic heterocycles. The number of likely N-dealkylation sites (tertiary alicyclic amines) is 1. The van der Waals surface area contributed by atoms with Gasteiger partial charge in [-0.15, -0.1) is 0 Å². The minimum atomic E-state index is -0.588. The van der Waals surface area contributed by atoms with Gasteiger partial charge < -0.3 is 15.2 Å². The highest BCUT2D eigenvalue weighted by molar-refractivity contribution is 5.77. The maximum absolute atomic E-state index is 13.2. The van der Waals surface area contributed by atoms with Gasteiger partial charge in [0, 0.05) is 38.1 Å². The molecule has 0 bridgehead atoms. The van der Waals surface area contributed by atoms with Gasteiger partial charge in [-0.2, -0.15) is 0 Å². The molecular formula is C26H42N2O4. The summed E-state index contributed by atoms with van der Waals surface area (Å²) in [5.41, 5.74) is 0.503. The van der Waals surface area contributed by atoms with Crippen LogP contribution in [0.4, 0.5) is 0 Å². The molecule has 1 fully saturated rings. The smallest absolute Gasteiger partial charge is 0.323 e. The normalized spacial score (nSPS) is 22.7. The molecule has 1 unspecified atom stereocenters. The van der Waals surface area contributed by atoms with E-state index in [1.165, 1.54) is 6.92 Å². The summed E-state index contributed by atoms with van der Waals surface area (Å²) in [6.07, 6.45) is 3.39. The van der Waals surface area contributed by atoms with Gasteiger partial charge in [-0.05, 0) is 45.1 Å². The van der Waals surface area contributed by atoms with Crippen LogP contribution < -0.4 is 5.32 Å². The molecule has 2 rings (SSSR count). The van der Waals surface area contributed by atoms with Crippen molar-refractivity contribution in [2.24, 2.45) is 11.8 Å². The third-order valence-corrected chi connectivity index (χ3v) is 6.46. The fourth-order valence-electron chi connectivity index (χ4n) is 4.92. The lowest BCUT2D eigenvalue weighted by molar-refractivity contribution is -0.161. The monoisotopic (exact) mass is 446 g/mol. The van der Waals surface area contributed by atoms with Crippen molar-refractivity contribution in [1.82, 2.24) is 10.2 Å². The number of aliphatic hydroxyl groups excluding tert-OH is 1. The van der Waals surface area contributed by atoms with Gasteiger partial charge in [-0.1, -0.05) is 57.0 Å². The molecule has 0 saturated carbocycles. The van der Waals surface area contributed by atoms with Gasteiger partial charge in [0.05, 0.1) is 0 Å². The van der Waals surface area contributed by atoms with E-state index >= 15 is 0 Å². The van der Waals surface area contributed by atoms with Gasteiger partial charge in [-0.3, -0.25) is 14.5 Å². The lowest BCUT2D eigenvalue weighted by atomic mass is 9.86. The van der Waals surface area contributed by atoms with Crippen LogP contribution in [0.15, 0.2) is 30.3 Å². The SMILES string of the molecule is CCC(CC)C[C@H](NC(C)=O)[C@H]1[C@H](CO)CC(C(=O)OC(C)(C)C)N1Cc1ccccc1. The first-order chi connectivity index (χ1) is 15.1. The van der Waals surface area contributed by atoms with Crippen molar-refractivity contribution < 1.29 is 19.4 Å². The molecule has 0 spiro atoms. The Bertz CT molecular complexity index is 727. The van der Waals surface area contributed by atoms with Crippen LogP contribution >= 0.6 is 0 Å². The van der Waals surface area contributed by atoms with E-state index in [0.717, 1.165) is 24.8 Å². The summed E-state index contributed by atoms with van der Waals surface area (Å²) in [5.74, 6) is -0.00991. The van der Waals surface area contributed by atoms with Crippen molar-refractivity contribution in [2.75, 3.05) is 6.61 Å². The molecule has 0 radical (unpaired) electrons. The summed E-state index contributed by atoms with van der Waals surface area (Å²) >= 11 is 0. The van der Waals surface area contributed by atoms with Crippen molar-refractivity contribution >= 4 is 11.9 Å². The fourth-order valence-corrected chi connectivity index (χ4v) is 4.92. The van der Waals surface area contributed by atoms with Crippen LogP contribution in [0.3, 0.4) is 0 Å². The number of hydrogen-bond acceptors (Lipinski definition) is 5. The number of hydrogen-bond donors (Lipinski definition) is 2. The summed E-state index contributed by atoms with van der Waals surface area (Å²) in [6.45, 7) is 12.0. The molecule has 4 atom stereocenters. The number of amides is 1. The van der Waals surface area contributed by atoms with Gasteiger partial charge in [0.15, 0.2) is 0 Å². The number of rotatable bonds is 10. The zero-order valence-electron chi connectivity index (χ0n) is 20.6. The Morgan fingerprint density at radius 1 is 1.19 bits per heavy atom. The number of nitrogens with zero attached hydrogens (tertiary/aromatic N) is 1. The third-order valence-electron chi connectivity index (χ3n) is 6.46. The van der Waals surface area contributed by atoms with Gasteiger partial charge >= 0.3 is 5.97 Å². The molecule has 0 aliphatic carbocycles. The van der Waals surface area contributed by atoms with E-state index in [-0.39, 0.29) is 36.5 Å². The number of benzene rings is 1. The summed E-state index contributed by atoms with van der Waals surface area (Å²) in [7, 11) is 0. The Hall–Kier alpha value is -1.92. The van der Waals surface area contributed by atoms with Gasteiger partial charge in [0.1, 0.15) is 11.6 Å². The highest BCUT2D eigenvalue weighted by Gasteiger charge is 2.49. The second kappa shape index (κ2) is 11.8. The second-order valence-electron chi connectivity index (χ2n) is 10.1. The quantitative estimate of drug-likeness (QED) is 0.533. The molecular weight excluding hydrogens is 404 g/mol. The molecule has 1 aromatic carbocycles. The zero-order valence-corrected chi connectivity index (χ0v) is 20.6. The minimum absolute atomic E-state index is 0.0335. The highest BCUT2D eigenvalue weighted by Crippen LogP contribution is 2.37. The molecule has 6 nitrogen and oxygen atoms in total. The first-order valence-electron chi connectivity index (χ1n) is 12.0. The maximum atomic E-state index is 13.2. The molecule has 1 heterocycles. The molecule has 180 valence electrons. The summed E-state index contributed by atoms with van der Waals surface area (Å²) in [6, 6.07) is 9.28. The van der Waals surface area contributed by atoms with Gasteiger partial charge in [0.2, 0.25) is 5.91 Å². The summed E-state index contributed by atoms with van der Waals surface area (Å²) in [5, 5.41) is 13.5. The van der Waals surface area contributed by atoms with Crippen LogP contribution in [0.25, 0.3) is 0 Å². The fraction of sp³-hybridized carbons (Fsp3) is 0.692. The van der Waals surface area contributed by atoms with Crippen LogP contribution in [-0.2, 0) is 20.9 Å². The zero-order chi connectivity index (χ0) is 23.9. The molecule has 1 aromatic rings. The molecule has 1 saturated heterocycles. The number of ether oxygens (including phenoxy) is 1. The van der Waals surface area contributed by atoms with Crippen LogP contribution in [0.1, 0.15) is 72.8 Å². The second-order valence-corrected chi connectivity index (χ2v) is 10.1. The van der Waals surface area contributed by atoms with Crippen molar-refractivity contribution in [2.45, 2.75) is 97.5 Å². The Balaban J connectivity index is 2.44.